The molecule has 0 atom stereocenters. The van der Waals surface area contributed by atoms with Crippen LogP contribution in [0.25, 0.3) is 17.0 Å². The summed E-state index contributed by atoms with van der Waals surface area (Å²) in [6.45, 7) is 4.69. The molecule has 0 aliphatic carbocycles. The van der Waals surface area contributed by atoms with Crippen LogP contribution in [0.2, 0.25) is 0 Å². The van der Waals surface area contributed by atoms with E-state index in [0.29, 0.717) is 16.7 Å². The summed E-state index contributed by atoms with van der Waals surface area (Å²) in [5.74, 6) is 0.448. The highest BCUT2D eigenvalue weighted by Crippen LogP contribution is 2.31. The number of nitrogens with zero attached hydrogens (tertiary/aromatic N) is 2. The van der Waals surface area contributed by atoms with Gasteiger partial charge in [-0.25, -0.2) is 4.99 Å². The Bertz CT molecular complexity index is 1520. The fourth-order valence-electron chi connectivity index (χ4n) is 4.04. The Hall–Kier alpha value is -4.30. The lowest BCUT2D eigenvalue weighted by molar-refractivity contribution is -0.117. The van der Waals surface area contributed by atoms with Crippen molar-refractivity contribution in [2.75, 3.05) is 11.9 Å². The van der Waals surface area contributed by atoms with Crippen molar-refractivity contribution in [1.29, 1.82) is 0 Å². The molecule has 0 bridgehead atoms. The highest BCUT2D eigenvalue weighted by Gasteiger charge is 2.24. The third kappa shape index (κ3) is 5.76. The zero-order valence-electron chi connectivity index (χ0n) is 20.5. The van der Waals surface area contributed by atoms with Crippen LogP contribution in [0, 0.1) is 6.92 Å². The van der Waals surface area contributed by atoms with Crippen molar-refractivity contribution in [2.45, 2.75) is 20.4 Å². The lowest BCUT2D eigenvalue weighted by Crippen LogP contribution is -2.19. The topological polar surface area (TPSA) is 84.7 Å². The molecular weight excluding hydrogens is 484 g/mol. The summed E-state index contributed by atoms with van der Waals surface area (Å²) in [5, 5.41) is 7.26. The molecule has 0 unspecified atom stereocenters. The van der Waals surface area contributed by atoms with Crippen LogP contribution in [-0.2, 0) is 16.1 Å². The van der Waals surface area contributed by atoms with Crippen LogP contribution in [0.4, 0.5) is 11.4 Å². The zero-order chi connectivity index (χ0) is 25.8. The number of thioether (sulfide) groups is 1. The Morgan fingerprint density at radius 2 is 1.84 bits per heavy atom. The molecule has 186 valence electrons. The second kappa shape index (κ2) is 10.8. The molecule has 1 aromatic heterocycles. The molecule has 1 aliphatic rings. The monoisotopic (exact) mass is 510 g/mol. The van der Waals surface area contributed by atoms with Crippen molar-refractivity contribution in [3.05, 3.63) is 95.0 Å². The number of fused-ring (bicyclic) bond motifs is 1. The Morgan fingerprint density at radius 3 is 2.59 bits per heavy atom. The highest BCUT2D eigenvalue weighted by atomic mass is 32.2. The number of amides is 2. The van der Waals surface area contributed by atoms with E-state index in [9.17, 15) is 9.59 Å². The molecule has 37 heavy (non-hydrogen) atoms. The highest BCUT2D eigenvalue weighted by molar-refractivity contribution is 8.18. The molecule has 7 nitrogen and oxygen atoms in total. The summed E-state index contributed by atoms with van der Waals surface area (Å²) in [6.07, 6.45) is 3.75. The van der Waals surface area contributed by atoms with Crippen LogP contribution in [0.3, 0.4) is 0 Å². The first-order valence-corrected chi connectivity index (χ1v) is 12.8. The van der Waals surface area contributed by atoms with E-state index in [1.807, 2.05) is 103 Å². The van der Waals surface area contributed by atoms with Gasteiger partial charge in [0.1, 0.15) is 12.3 Å². The molecule has 3 aromatic carbocycles. The first kappa shape index (κ1) is 24.4. The van der Waals surface area contributed by atoms with Crippen molar-refractivity contribution in [3.63, 3.8) is 0 Å². The molecule has 8 heteroatoms. The Labute approximate surface area is 219 Å². The molecule has 0 radical (unpaired) electrons. The van der Waals surface area contributed by atoms with E-state index < -0.39 is 0 Å². The third-order valence-corrected chi connectivity index (χ3v) is 6.69. The van der Waals surface area contributed by atoms with Gasteiger partial charge in [0.05, 0.1) is 17.2 Å². The van der Waals surface area contributed by atoms with Crippen molar-refractivity contribution >= 4 is 57.1 Å². The van der Waals surface area contributed by atoms with Gasteiger partial charge in [0.25, 0.3) is 5.91 Å². The predicted octanol–water partition coefficient (Wildman–Crippen LogP) is 5.88. The summed E-state index contributed by atoms with van der Waals surface area (Å²) >= 11 is 1.29. The van der Waals surface area contributed by atoms with Crippen LogP contribution in [-0.4, -0.2) is 28.2 Å². The molecule has 1 fully saturated rings. The number of anilines is 1. The summed E-state index contributed by atoms with van der Waals surface area (Å²) in [7, 11) is 0. The van der Waals surface area contributed by atoms with Gasteiger partial charge < -0.3 is 19.9 Å². The molecule has 4 aromatic rings. The van der Waals surface area contributed by atoms with E-state index >= 15 is 0 Å². The first-order valence-electron chi connectivity index (χ1n) is 12.0. The summed E-state index contributed by atoms with van der Waals surface area (Å²) in [4.78, 5) is 30.5. The standard InChI is InChI=1S/C29H26N4O3S/c1-3-36-23-14-12-22(13-15-23)31-29-32-28(35)26(37-29)16-20-17-33(25-7-5-4-6-24(20)25)18-27(34)30-21-10-8-19(2)9-11-21/h4-17H,3,18H2,1-2H3,(H,30,34)(H,31,32,35)/b26-16+. The molecule has 2 amide bonds. The number of carbonyl (C=O) groups is 2. The quantitative estimate of drug-likeness (QED) is 0.304. The third-order valence-electron chi connectivity index (χ3n) is 5.78. The molecular formula is C29H26N4O3S. The summed E-state index contributed by atoms with van der Waals surface area (Å²) in [6, 6.07) is 22.9. The van der Waals surface area contributed by atoms with Crippen molar-refractivity contribution in [2.24, 2.45) is 4.99 Å². The van der Waals surface area contributed by atoms with Gasteiger partial charge in [0.15, 0.2) is 5.17 Å². The number of benzene rings is 3. The average Bonchev–Trinajstić information content (AvgIpc) is 3.41. The molecule has 2 N–H and O–H groups in total. The minimum Gasteiger partial charge on any atom is -0.494 e. The Balaban J connectivity index is 1.36. The van der Waals surface area contributed by atoms with E-state index in [0.717, 1.165) is 39.2 Å². The van der Waals surface area contributed by atoms with E-state index in [-0.39, 0.29) is 18.4 Å². The number of amidine groups is 1. The average molecular weight is 511 g/mol. The Morgan fingerprint density at radius 1 is 1.08 bits per heavy atom. The van der Waals surface area contributed by atoms with E-state index in [1.54, 1.807) is 0 Å². The second-order valence-electron chi connectivity index (χ2n) is 8.55. The number of carbonyl (C=O) groups excluding carboxylic acids is 2. The lowest BCUT2D eigenvalue weighted by Gasteiger charge is -2.07. The summed E-state index contributed by atoms with van der Waals surface area (Å²) in [5.41, 5.74) is 4.39. The van der Waals surface area contributed by atoms with Crippen LogP contribution in [0.1, 0.15) is 18.1 Å². The van der Waals surface area contributed by atoms with Gasteiger partial charge in [0.2, 0.25) is 5.91 Å². The van der Waals surface area contributed by atoms with Gasteiger partial charge in [-0.2, -0.15) is 0 Å². The van der Waals surface area contributed by atoms with Gasteiger partial charge in [-0.15, -0.1) is 0 Å². The normalized spacial score (nSPS) is 15.4. The molecule has 1 aliphatic heterocycles. The molecule has 0 spiro atoms. The first-order chi connectivity index (χ1) is 18.0. The SMILES string of the molecule is CCOc1ccc(N=C2NC(=O)/C(=C\c3cn(CC(=O)Nc4ccc(C)cc4)c4ccccc34)S2)cc1. The van der Waals surface area contributed by atoms with E-state index in [2.05, 4.69) is 15.6 Å². The zero-order valence-corrected chi connectivity index (χ0v) is 21.3. The number of hydrogen-bond donors (Lipinski definition) is 2. The van der Waals surface area contributed by atoms with Crippen molar-refractivity contribution < 1.29 is 14.3 Å². The molecule has 0 saturated carbocycles. The number of hydrogen-bond acceptors (Lipinski definition) is 5. The maximum absolute atomic E-state index is 12.8. The second-order valence-corrected chi connectivity index (χ2v) is 9.58. The van der Waals surface area contributed by atoms with Gasteiger partial charge in [-0.3, -0.25) is 9.59 Å². The van der Waals surface area contributed by atoms with Gasteiger partial charge in [-0.1, -0.05) is 35.9 Å². The molecule has 1 saturated heterocycles. The molecule has 2 heterocycles. The summed E-state index contributed by atoms with van der Waals surface area (Å²) < 4.78 is 7.37. The fraction of sp³-hybridized carbons (Fsp3) is 0.138. The maximum Gasteiger partial charge on any atom is 0.264 e. The largest absolute Gasteiger partial charge is 0.494 e. The number of rotatable bonds is 7. The minimum absolute atomic E-state index is 0.124. The van der Waals surface area contributed by atoms with Crippen LogP contribution in [0.15, 0.2) is 88.9 Å². The van der Waals surface area contributed by atoms with Gasteiger partial charge >= 0.3 is 0 Å². The number of para-hydroxylation sites is 1. The number of ether oxygens (including phenoxy) is 1. The van der Waals surface area contributed by atoms with Crippen LogP contribution >= 0.6 is 11.8 Å². The number of aryl methyl sites for hydroxylation is 1. The fourth-order valence-corrected chi connectivity index (χ4v) is 4.87. The van der Waals surface area contributed by atoms with Crippen molar-refractivity contribution in [3.8, 4) is 5.75 Å². The smallest absolute Gasteiger partial charge is 0.264 e. The predicted molar refractivity (Wildman–Crippen MR) is 150 cm³/mol. The Kier molecular flexibility index (Phi) is 7.09. The van der Waals surface area contributed by atoms with Crippen LogP contribution in [0.5, 0.6) is 5.75 Å². The van der Waals surface area contributed by atoms with Gasteiger partial charge in [0, 0.05) is 28.4 Å². The number of nitrogens with one attached hydrogen (secondary N) is 2. The lowest BCUT2D eigenvalue weighted by atomic mass is 10.1. The minimum atomic E-state index is -0.205. The van der Waals surface area contributed by atoms with Crippen molar-refractivity contribution in [1.82, 2.24) is 9.88 Å². The molecule has 5 rings (SSSR count). The van der Waals surface area contributed by atoms with E-state index in [4.69, 9.17) is 4.74 Å². The number of aliphatic imine (C=N–C) groups is 1. The van der Waals surface area contributed by atoms with Crippen LogP contribution < -0.4 is 15.4 Å². The van der Waals surface area contributed by atoms with Gasteiger partial charge in [-0.05, 0) is 74.1 Å². The van der Waals surface area contributed by atoms with E-state index in [1.165, 1.54) is 11.8 Å². The number of aromatic nitrogens is 1. The maximum atomic E-state index is 12.8.